The third-order valence-electron chi connectivity index (χ3n) is 5.48. The van der Waals surface area contributed by atoms with Crippen LogP contribution in [0.15, 0.2) is 36.5 Å². The van der Waals surface area contributed by atoms with Crippen LogP contribution in [0.4, 0.5) is 5.82 Å². The highest BCUT2D eigenvalue weighted by molar-refractivity contribution is 14.1. The van der Waals surface area contributed by atoms with E-state index in [9.17, 15) is 0 Å². The molecule has 1 aromatic heterocycles. The molecule has 0 saturated carbocycles. The van der Waals surface area contributed by atoms with E-state index in [0.717, 1.165) is 13.1 Å². The van der Waals surface area contributed by atoms with Gasteiger partial charge >= 0.3 is 0 Å². The molecule has 2 aliphatic rings. The van der Waals surface area contributed by atoms with Gasteiger partial charge in [0.05, 0.1) is 0 Å². The Hall–Kier alpha value is -1.10. The van der Waals surface area contributed by atoms with E-state index in [1.165, 1.54) is 40.6 Å². The molecule has 22 heavy (non-hydrogen) atoms. The average molecular weight is 404 g/mol. The molecule has 2 heterocycles. The summed E-state index contributed by atoms with van der Waals surface area (Å²) in [7, 11) is 0. The predicted octanol–water partition coefficient (Wildman–Crippen LogP) is 4.38. The van der Waals surface area contributed by atoms with Crippen LogP contribution < -0.4 is 4.90 Å². The third-order valence-corrected chi connectivity index (χ3v) is 6.65. The number of fused-ring (bicyclic) bond motifs is 1. The second-order valence-electron chi connectivity index (χ2n) is 6.85. The maximum Gasteiger partial charge on any atom is 0.132 e. The number of pyridine rings is 1. The fourth-order valence-electron chi connectivity index (χ4n) is 4.14. The highest BCUT2D eigenvalue weighted by Gasteiger charge is 2.40. The van der Waals surface area contributed by atoms with Gasteiger partial charge in [-0.3, -0.25) is 0 Å². The van der Waals surface area contributed by atoms with Gasteiger partial charge in [-0.2, -0.15) is 0 Å². The van der Waals surface area contributed by atoms with Crippen molar-refractivity contribution in [2.75, 3.05) is 18.0 Å². The summed E-state index contributed by atoms with van der Waals surface area (Å²) in [6.45, 7) is 4.48. The van der Waals surface area contributed by atoms with Crippen LogP contribution in [0, 0.1) is 15.9 Å². The molecule has 1 aromatic carbocycles. The molecule has 3 heteroatoms. The van der Waals surface area contributed by atoms with Crippen LogP contribution in [0.1, 0.15) is 29.5 Å². The second kappa shape index (κ2) is 5.52. The van der Waals surface area contributed by atoms with Gasteiger partial charge in [-0.15, -0.1) is 0 Å². The Morgan fingerprint density at radius 3 is 2.32 bits per heavy atom. The molecule has 1 fully saturated rings. The minimum Gasteiger partial charge on any atom is -0.356 e. The maximum absolute atomic E-state index is 4.64. The fraction of sp³-hybridized carbons (Fsp3) is 0.421. The topological polar surface area (TPSA) is 16.1 Å². The molecule has 2 aromatic rings. The Morgan fingerprint density at radius 1 is 1.05 bits per heavy atom. The van der Waals surface area contributed by atoms with Gasteiger partial charge in [0.25, 0.3) is 0 Å². The van der Waals surface area contributed by atoms with E-state index >= 15 is 0 Å². The summed E-state index contributed by atoms with van der Waals surface area (Å²) in [6.07, 6.45) is 7.06. The number of benzene rings is 1. The van der Waals surface area contributed by atoms with Gasteiger partial charge in [-0.25, -0.2) is 4.98 Å². The van der Waals surface area contributed by atoms with Crippen molar-refractivity contribution in [2.24, 2.45) is 5.41 Å². The summed E-state index contributed by atoms with van der Waals surface area (Å²) >= 11 is 2.41. The molecule has 0 bridgehead atoms. The van der Waals surface area contributed by atoms with Crippen molar-refractivity contribution in [3.05, 3.63) is 56.8 Å². The van der Waals surface area contributed by atoms with Crippen LogP contribution in [0.2, 0.25) is 0 Å². The minimum atomic E-state index is 0.510. The predicted molar refractivity (Wildman–Crippen MR) is 99.4 cm³/mol. The molecule has 0 atom stereocenters. The zero-order valence-electron chi connectivity index (χ0n) is 13.0. The number of aromatic nitrogens is 1. The lowest BCUT2D eigenvalue weighted by molar-refractivity contribution is 0.232. The van der Waals surface area contributed by atoms with Crippen molar-refractivity contribution in [1.82, 2.24) is 4.98 Å². The van der Waals surface area contributed by atoms with Gasteiger partial charge in [0, 0.05) is 28.4 Å². The highest BCUT2D eigenvalue weighted by atomic mass is 127. The van der Waals surface area contributed by atoms with Crippen molar-refractivity contribution in [2.45, 2.75) is 32.6 Å². The zero-order chi connectivity index (χ0) is 15.2. The third kappa shape index (κ3) is 2.43. The molecule has 1 aliphatic carbocycles. The van der Waals surface area contributed by atoms with Crippen LogP contribution in [-0.4, -0.2) is 18.1 Å². The lowest BCUT2D eigenvalue weighted by atomic mass is 9.76. The Morgan fingerprint density at radius 2 is 1.68 bits per heavy atom. The first-order chi connectivity index (χ1) is 10.7. The molecular weight excluding hydrogens is 383 g/mol. The SMILES string of the molecule is Cc1c(I)ccnc1N1CCC2(CC1)Cc1ccccc1C2. The van der Waals surface area contributed by atoms with Crippen LogP contribution in [0.5, 0.6) is 0 Å². The van der Waals surface area contributed by atoms with Gasteiger partial charge in [-0.1, -0.05) is 24.3 Å². The Bertz CT molecular complexity index is 675. The summed E-state index contributed by atoms with van der Waals surface area (Å²) < 4.78 is 1.32. The second-order valence-corrected chi connectivity index (χ2v) is 8.01. The number of halogens is 1. The fourth-order valence-corrected chi connectivity index (χ4v) is 4.54. The Balaban J connectivity index is 1.51. The largest absolute Gasteiger partial charge is 0.356 e. The van der Waals surface area contributed by atoms with E-state index in [2.05, 4.69) is 69.7 Å². The number of hydrogen-bond donors (Lipinski definition) is 0. The normalized spacial score (nSPS) is 19.5. The Labute approximate surface area is 146 Å². The molecular formula is C19H21IN2. The van der Waals surface area contributed by atoms with Gasteiger partial charge in [0.1, 0.15) is 5.82 Å². The molecule has 0 amide bonds. The number of hydrogen-bond acceptors (Lipinski definition) is 2. The average Bonchev–Trinajstić information content (AvgIpc) is 2.89. The first-order valence-electron chi connectivity index (χ1n) is 8.10. The van der Waals surface area contributed by atoms with Crippen molar-refractivity contribution in [1.29, 1.82) is 0 Å². The van der Waals surface area contributed by atoms with E-state index in [-0.39, 0.29) is 0 Å². The number of anilines is 1. The van der Waals surface area contributed by atoms with Crippen molar-refractivity contribution >= 4 is 28.4 Å². The minimum absolute atomic E-state index is 0.510. The van der Waals surface area contributed by atoms with Crippen molar-refractivity contribution < 1.29 is 0 Å². The van der Waals surface area contributed by atoms with Gasteiger partial charge < -0.3 is 4.90 Å². The Kier molecular flexibility index (Phi) is 3.63. The number of nitrogens with zero attached hydrogens (tertiary/aromatic N) is 2. The lowest BCUT2D eigenvalue weighted by Crippen LogP contribution is -2.41. The van der Waals surface area contributed by atoms with E-state index in [0.29, 0.717) is 5.41 Å². The van der Waals surface area contributed by atoms with Crippen LogP contribution in [0.25, 0.3) is 0 Å². The molecule has 0 unspecified atom stereocenters. The summed E-state index contributed by atoms with van der Waals surface area (Å²) in [5.41, 5.74) is 5.00. The summed E-state index contributed by atoms with van der Waals surface area (Å²) in [4.78, 5) is 7.13. The summed E-state index contributed by atoms with van der Waals surface area (Å²) in [5.74, 6) is 1.19. The molecule has 4 rings (SSSR count). The van der Waals surface area contributed by atoms with E-state index in [4.69, 9.17) is 0 Å². The molecule has 114 valence electrons. The molecule has 0 radical (unpaired) electrons. The van der Waals surface area contributed by atoms with Crippen molar-refractivity contribution in [3.8, 4) is 0 Å². The van der Waals surface area contributed by atoms with Crippen LogP contribution in [-0.2, 0) is 12.8 Å². The van der Waals surface area contributed by atoms with Crippen LogP contribution in [0.3, 0.4) is 0 Å². The first kappa shape index (κ1) is 14.5. The van der Waals surface area contributed by atoms with Gasteiger partial charge in [0.2, 0.25) is 0 Å². The number of rotatable bonds is 1. The van der Waals surface area contributed by atoms with Crippen molar-refractivity contribution in [3.63, 3.8) is 0 Å². The molecule has 0 N–H and O–H groups in total. The standard InChI is InChI=1S/C19H21IN2/c1-14-17(20)6-9-21-18(14)22-10-7-19(8-11-22)12-15-4-2-3-5-16(15)13-19/h2-6,9H,7-8,10-13H2,1H3. The smallest absolute Gasteiger partial charge is 0.132 e. The monoisotopic (exact) mass is 404 g/mol. The quantitative estimate of drug-likeness (QED) is 0.656. The van der Waals surface area contributed by atoms with E-state index in [1.807, 2.05) is 6.20 Å². The molecule has 2 nitrogen and oxygen atoms in total. The van der Waals surface area contributed by atoms with E-state index < -0.39 is 0 Å². The summed E-state index contributed by atoms with van der Waals surface area (Å²) in [6, 6.07) is 11.1. The summed E-state index contributed by atoms with van der Waals surface area (Å²) in [5, 5.41) is 0. The number of piperidine rings is 1. The molecule has 1 aliphatic heterocycles. The van der Waals surface area contributed by atoms with Crippen LogP contribution >= 0.6 is 22.6 Å². The zero-order valence-corrected chi connectivity index (χ0v) is 15.1. The molecule has 1 saturated heterocycles. The molecule has 1 spiro atoms. The highest BCUT2D eigenvalue weighted by Crippen LogP contribution is 2.45. The van der Waals surface area contributed by atoms with Gasteiger partial charge in [-0.05, 0) is 77.8 Å². The first-order valence-corrected chi connectivity index (χ1v) is 9.18. The van der Waals surface area contributed by atoms with Gasteiger partial charge in [0.15, 0.2) is 0 Å². The maximum atomic E-state index is 4.64. The van der Waals surface area contributed by atoms with E-state index in [1.54, 1.807) is 11.1 Å². The lowest BCUT2D eigenvalue weighted by Gasteiger charge is -2.40.